The molecule has 20 heavy (non-hydrogen) atoms. The zero-order valence-electron chi connectivity index (χ0n) is 13.4. The van der Waals surface area contributed by atoms with E-state index in [2.05, 4.69) is 36.0 Å². The molecular weight excluding hydrogens is 250 g/mol. The second kappa shape index (κ2) is 7.41. The minimum Gasteiger partial charge on any atom is -0.339 e. The maximum Gasteiger partial charge on any atom is 0.240 e. The van der Waals surface area contributed by atoms with Crippen molar-refractivity contribution in [2.45, 2.75) is 58.0 Å². The van der Waals surface area contributed by atoms with Gasteiger partial charge in [0.05, 0.1) is 6.04 Å². The molecule has 4 nitrogen and oxygen atoms in total. The quantitative estimate of drug-likeness (QED) is 0.852. The van der Waals surface area contributed by atoms with Gasteiger partial charge in [-0.3, -0.25) is 4.79 Å². The Morgan fingerprint density at radius 1 is 1.05 bits per heavy atom. The van der Waals surface area contributed by atoms with Crippen molar-refractivity contribution in [3.05, 3.63) is 0 Å². The molecule has 1 atom stereocenters. The van der Waals surface area contributed by atoms with Gasteiger partial charge in [0, 0.05) is 32.2 Å². The monoisotopic (exact) mass is 281 g/mol. The summed E-state index contributed by atoms with van der Waals surface area (Å²) in [7, 11) is 2.13. The number of nitrogens with zero attached hydrogens (tertiary/aromatic N) is 2. The topological polar surface area (TPSA) is 35.6 Å². The number of hydrogen-bond acceptors (Lipinski definition) is 3. The van der Waals surface area contributed by atoms with Crippen molar-refractivity contribution in [3.8, 4) is 0 Å². The van der Waals surface area contributed by atoms with Gasteiger partial charge in [0.2, 0.25) is 5.91 Å². The van der Waals surface area contributed by atoms with Crippen LogP contribution >= 0.6 is 0 Å². The summed E-state index contributed by atoms with van der Waals surface area (Å²) in [4.78, 5) is 17.3. The maximum absolute atomic E-state index is 12.9. The Kier molecular flexibility index (Phi) is 5.85. The molecule has 0 aromatic heterocycles. The van der Waals surface area contributed by atoms with Crippen molar-refractivity contribution in [2.75, 3.05) is 33.2 Å². The predicted molar refractivity (Wildman–Crippen MR) is 82.7 cm³/mol. The Balaban J connectivity index is 1.99. The third kappa shape index (κ3) is 4.19. The highest BCUT2D eigenvalue weighted by Crippen LogP contribution is 2.27. The summed E-state index contributed by atoms with van der Waals surface area (Å²) in [5, 5.41) is 3.55. The van der Waals surface area contributed by atoms with Crippen LogP contribution in [0.3, 0.4) is 0 Å². The van der Waals surface area contributed by atoms with Gasteiger partial charge in [-0.05, 0) is 25.8 Å². The molecule has 116 valence electrons. The number of likely N-dealkylation sites (N-methyl/N-ethyl adjacent to an activating group) is 1. The first-order valence-corrected chi connectivity index (χ1v) is 8.31. The Bertz CT molecular complexity index is 305. The van der Waals surface area contributed by atoms with Crippen molar-refractivity contribution < 1.29 is 4.79 Å². The molecule has 2 fully saturated rings. The molecule has 0 radical (unpaired) electrons. The molecule has 1 saturated heterocycles. The summed E-state index contributed by atoms with van der Waals surface area (Å²) in [5.74, 6) is 0.886. The first kappa shape index (κ1) is 15.8. The van der Waals surface area contributed by atoms with Gasteiger partial charge in [0.1, 0.15) is 0 Å². The van der Waals surface area contributed by atoms with Crippen molar-refractivity contribution in [1.29, 1.82) is 0 Å². The first-order valence-electron chi connectivity index (χ1n) is 8.31. The molecule has 2 aliphatic rings. The number of carbonyl (C=O) groups is 1. The Labute approximate surface area is 123 Å². The lowest BCUT2D eigenvalue weighted by Gasteiger charge is -2.38. The van der Waals surface area contributed by atoms with E-state index in [0.29, 0.717) is 17.9 Å². The van der Waals surface area contributed by atoms with E-state index in [9.17, 15) is 4.79 Å². The van der Waals surface area contributed by atoms with E-state index >= 15 is 0 Å². The number of nitrogens with one attached hydrogen (secondary N) is 1. The average molecular weight is 281 g/mol. The van der Waals surface area contributed by atoms with Crippen molar-refractivity contribution in [3.63, 3.8) is 0 Å². The zero-order valence-corrected chi connectivity index (χ0v) is 13.4. The zero-order chi connectivity index (χ0) is 14.5. The van der Waals surface area contributed by atoms with Gasteiger partial charge in [-0.25, -0.2) is 0 Å². The summed E-state index contributed by atoms with van der Waals surface area (Å²) < 4.78 is 0. The van der Waals surface area contributed by atoms with E-state index in [1.807, 2.05) is 0 Å². The largest absolute Gasteiger partial charge is 0.339 e. The van der Waals surface area contributed by atoms with Gasteiger partial charge in [-0.15, -0.1) is 0 Å². The van der Waals surface area contributed by atoms with Crippen LogP contribution in [-0.2, 0) is 4.79 Å². The van der Waals surface area contributed by atoms with E-state index < -0.39 is 0 Å². The molecule has 0 aromatic rings. The highest BCUT2D eigenvalue weighted by atomic mass is 16.2. The number of carbonyl (C=O) groups excluding carboxylic acids is 1. The van der Waals surface area contributed by atoms with E-state index in [1.54, 1.807) is 0 Å². The molecule has 1 amide bonds. The van der Waals surface area contributed by atoms with Crippen LogP contribution in [0.15, 0.2) is 0 Å². The molecule has 2 rings (SSSR count). The summed E-state index contributed by atoms with van der Waals surface area (Å²) in [6.07, 6.45) is 6.34. The number of rotatable bonds is 4. The van der Waals surface area contributed by atoms with Gasteiger partial charge in [0.25, 0.3) is 0 Å². The van der Waals surface area contributed by atoms with Crippen LogP contribution in [0.1, 0.15) is 46.0 Å². The standard InChI is InChI=1S/C16H31N3O/c1-13(2)17-15(14-7-5-4-6-8-14)16(20)19-11-9-18(3)10-12-19/h13-15,17H,4-12H2,1-3H3/t15-/m0/s1. The molecule has 0 spiro atoms. The third-order valence-electron chi connectivity index (χ3n) is 4.72. The van der Waals surface area contributed by atoms with Crippen LogP contribution in [0.4, 0.5) is 0 Å². The lowest BCUT2D eigenvalue weighted by molar-refractivity contribution is -0.137. The summed E-state index contributed by atoms with van der Waals surface area (Å²) in [6, 6.07) is 0.414. The fraction of sp³-hybridized carbons (Fsp3) is 0.938. The van der Waals surface area contributed by atoms with Crippen molar-refractivity contribution in [2.24, 2.45) is 5.92 Å². The van der Waals surface area contributed by atoms with Crippen LogP contribution < -0.4 is 5.32 Å². The molecule has 0 aromatic carbocycles. The number of piperazine rings is 1. The fourth-order valence-electron chi connectivity index (χ4n) is 3.46. The van der Waals surface area contributed by atoms with Gasteiger partial charge in [-0.2, -0.15) is 0 Å². The Morgan fingerprint density at radius 3 is 2.20 bits per heavy atom. The highest BCUT2D eigenvalue weighted by molar-refractivity contribution is 5.82. The number of hydrogen-bond donors (Lipinski definition) is 1. The van der Waals surface area contributed by atoms with Gasteiger partial charge < -0.3 is 15.1 Å². The van der Waals surface area contributed by atoms with Gasteiger partial charge >= 0.3 is 0 Å². The minimum absolute atomic E-state index is 0.0405. The Morgan fingerprint density at radius 2 is 1.65 bits per heavy atom. The molecule has 1 aliphatic heterocycles. The van der Waals surface area contributed by atoms with Crippen LogP contribution in [0, 0.1) is 5.92 Å². The van der Waals surface area contributed by atoms with Crippen molar-refractivity contribution in [1.82, 2.24) is 15.1 Å². The van der Waals surface area contributed by atoms with Crippen LogP contribution in [0.25, 0.3) is 0 Å². The molecule has 1 heterocycles. The van der Waals surface area contributed by atoms with Gasteiger partial charge in [0.15, 0.2) is 0 Å². The lowest BCUT2D eigenvalue weighted by atomic mass is 9.83. The molecule has 0 unspecified atom stereocenters. The summed E-state index contributed by atoms with van der Waals surface area (Å²) in [6.45, 7) is 8.08. The SMILES string of the molecule is CC(C)N[C@H](C(=O)N1CCN(C)CC1)C1CCCCC1. The van der Waals surface area contributed by atoms with Crippen LogP contribution in [0.5, 0.6) is 0 Å². The van der Waals surface area contributed by atoms with E-state index in [-0.39, 0.29) is 6.04 Å². The first-order chi connectivity index (χ1) is 9.58. The second-order valence-electron chi connectivity index (χ2n) is 6.83. The molecule has 4 heteroatoms. The molecular formula is C16H31N3O. The van der Waals surface area contributed by atoms with Crippen LogP contribution in [-0.4, -0.2) is 61.0 Å². The molecule has 1 saturated carbocycles. The summed E-state index contributed by atoms with van der Waals surface area (Å²) in [5.41, 5.74) is 0. The van der Waals surface area contributed by atoms with E-state index in [0.717, 1.165) is 26.2 Å². The lowest BCUT2D eigenvalue weighted by Crippen LogP contribution is -2.56. The van der Waals surface area contributed by atoms with Crippen molar-refractivity contribution >= 4 is 5.91 Å². The minimum atomic E-state index is 0.0405. The smallest absolute Gasteiger partial charge is 0.240 e. The van der Waals surface area contributed by atoms with E-state index in [1.165, 1.54) is 32.1 Å². The third-order valence-corrected chi connectivity index (χ3v) is 4.72. The maximum atomic E-state index is 12.9. The molecule has 1 aliphatic carbocycles. The van der Waals surface area contributed by atoms with Gasteiger partial charge in [-0.1, -0.05) is 33.1 Å². The number of amides is 1. The highest BCUT2D eigenvalue weighted by Gasteiger charge is 2.33. The van der Waals surface area contributed by atoms with Crippen LogP contribution in [0.2, 0.25) is 0 Å². The molecule has 0 bridgehead atoms. The molecule has 1 N–H and O–H groups in total. The summed E-state index contributed by atoms with van der Waals surface area (Å²) >= 11 is 0. The fourth-order valence-corrected chi connectivity index (χ4v) is 3.46. The van der Waals surface area contributed by atoms with E-state index in [4.69, 9.17) is 0 Å². The second-order valence-corrected chi connectivity index (χ2v) is 6.83. The average Bonchev–Trinajstić information content (AvgIpc) is 2.45. The predicted octanol–water partition coefficient (Wildman–Crippen LogP) is 1.71. The normalized spacial score (nSPS) is 24.1. The Hall–Kier alpha value is -0.610.